The standard InChI is InChI=1S/C32H34N2O6/c1-7-40-31(36)29-28(23-13-12-19-10-8-9-11-22(19)33-23)24(14-15-27(35)39-6)34-18-32(2,3)21-17-26(38-5)25(37-4)16-20(21)30(29)34/h8-13,16-17H,7,14-15,18H2,1-6H3. The predicted octanol–water partition coefficient (Wildman–Crippen LogP) is 5.96. The van der Waals surface area contributed by atoms with Crippen molar-refractivity contribution in [3.8, 4) is 34.0 Å². The van der Waals surface area contributed by atoms with E-state index in [-0.39, 0.29) is 24.4 Å². The zero-order valence-electron chi connectivity index (χ0n) is 23.8. The van der Waals surface area contributed by atoms with Crippen molar-refractivity contribution in [2.75, 3.05) is 27.9 Å². The highest BCUT2D eigenvalue weighted by Gasteiger charge is 2.40. The average molecular weight is 543 g/mol. The normalized spacial score (nSPS) is 13.3. The highest BCUT2D eigenvalue weighted by molar-refractivity contribution is 6.06. The van der Waals surface area contributed by atoms with E-state index in [1.807, 2.05) is 48.5 Å². The number of carbonyl (C=O) groups excluding carboxylic acids is 2. The Labute approximate surface area is 233 Å². The largest absolute Gasteiger partial charge is 0.493 e. The highest BCUT2D eigenvalue weighted by Crippen LogP contribution is 2.50. The summed E-state index contributed by atoms with van der Waals surface area (Å²) < 4.78 is 24.1. The molecule has 2 aromatic heterocycles. The van der Waals surface area contributed by atoms with Gasteiger partial charge in [0.25, 0.3) is 0 Å². The molecule has 5 rings (SSSR count). The molecule has 0 atom stereocenters. The van der Waals surface area contributed by atoms with Gasteiger partial charge in [0, 0.05) is 34.2 Å². The first kappa shape index (κ1) is 27.2. The summed E-state index contributed by atoms with van der Waals surface area (Å²) in [5.41, 5.74) is 5.64. The molecule has 0 amide bonds. The second-order valence-electron chi connectivity index (χ2n) is 10.5. The van der Waals surface area contributed by atoms with Crippen LogP contribution in [0.15, 0.2) is 48.5 Å². The number of hydrogen-bond donors (Lipinski definition) is 0. The van der Waals surface area contributed by atoms with Crippen LogP contribution in [0.5, 0.6) is 11.5 Å². The molecule has 8 heteroatoms. The van der Waals surface area contributed by atoms with Gasteiger partial charge < -0.3 is 23.5 Å². The van der Waals surface area contributed by atoms with Crippen molar-refractivity contribution in [1.82, 2.24) is 9.55 Å². The molecule has 3 heterocycles. The van der Waals surface area contributed by atoms with E-state index in [0.29, 0.717) is 41.3 Å². The molecule has 40 heavy (non-hydrogen) atoms. The van der Waals surface area contributed by atoms with Gasteiger partial charge in [0.2, 0.25) is 0 Å². The molecule has 1 aliphatic heterocycles. The number of pyridine rings is 1. The van der Waals surface area contributed by atoms with E-state index in [4.69, 9.17) is 23.9 Å². The molecular formula is C32H34N2O6. The van der Waals surface area contributed by atoms with Crippen molar-refractivity contribution in [1.29, 1.82) is 0 Å². The molecule has 1 aliphatic rings. The molecule has 0 aliphatic carbocycles. The van der Waals surface area contributed by atoms with Gasteiger partial charge in [-0.15, -0.1) is 0 Å². The van der Waals surface area contributed by atoms with Gasteiger partial charge in [-0.2, -0.15) is 0 Å². The topological polar surface area (TPSA) is 88.9 Å². The first-order valence-electron chi connectivity index (χ1n) is 13.4. The van der Waals surface area contributed by atoms with E-state index in [0.717, 1.165) is 33.4 Å². The number of para-hydroxylation sites is 1. The number of aromatic nitrogens is 2. The minimum absolute atomic E-state index is 0.155. The lowest BCUT2D eigenvalue weighted by molar-refractivity contribution is -0.140. The van der Waals surface area contributed by atoms with Gasteiger partial charge in [0.1, 0.15) is 0 Å². The fraction of sp³-hybridized carbons (Fsp3) is 0.344. The summed E-state index contributed by atoms with van der Waals surface area (Å²) in [6.45, 7) is 6.89. The maximum atomic E-state index is 13.8. The van der Waals surface area contributed by atoms with Crippen LogP contribution in [0.3, 0.4) is 0 Å². The average Bonchev–Trinajstić information content (AvgIpc) is 3.28. The number of ether oxygens (including phenoxy) is 4. The van der Waals surface area contributed by atoms with Gasteiger partial charge in [-0.1, -0.05) is 38.1 Å². The lowest BCUT2D eigenvalue weighted by Gasteiger charge is -2.36. The maximum Gasteiger partial charge on any atom is 0.341 e. The number of nitrogens with zero attached hydrogens (tertiary/aromatic N) is 2. The number of hydrogen-bond acceptors (Lipinski definition) is 7. The molecule has 0 saturated heterocycles. The van der Waals surface area contributed by atoms with Crippen LogP contribution in [0, 0.1) is 0 Å². The van der Waals surface area contributed by atoms with Crippen molar-refractivity contribution in [2.24, 2.45) is 0 Å². The first-order chi connectivity index (χ1) is 19.2. The van der Waals surface area contributed by atoms with Crippen molar-refractivity contribution in [2.45, 2.75) is 45.6 Å². The van der Waals surface area contributed by atoms with Gasteiger partial charge in [0.05, 0.1) is 56.8 Å². The Kier molecular flexibility index (Phi) is 7.27. The summed E-state index contributed by atoms with van der Waals surface area (Å²) in [7, 11) is 4.59. The molecule has 0 spiro atoms. The summed E-state index contributed by atoms with van der Waals surface area (Å²) >= 11 is 0. The smallest absolute Gasteiger partial charge is 0.341 e. The zero-order valence-corrected chi connectivity index (χ0v) is 23.8. The van der Waals surface area contributed by atoms with E-state index >= 15 is 0 Å². The third kappa shape index (κ3) is 4.57. The molecular weight excluding hydrogens is 508 g/mol. The molecule has 0 bridgehead atoms. The summed E-state index contributed by atoms with van der Waals surface area (Å²) in [5, 5.41) is 0.993. The summed E-state index contributed by atoms with van der Waals surface area (Å²) in [6, 6.07) is 15.7. The van der Waals surface area contributed by atoms with Gasteiger partial charge in [-0.3, -0.25) is 4.79 Å². The fourth-order valence-electron chi connectivity index (χ4n) is 5.70. The number of benzene rings is 2. The lowest BCUT2D eigenvalue weighted by atomic mass is 9.77. The molecule has 4 aromatic rings. The molecule has 208 valence electrons. The van der Waals surface area contributed by atoms with Crippen LogP contribution >= 0.6 is 0 Å². The lowest BCUT2D eigenvalue weighted by Crippen LogP contribution is -2.31. The summed E-state index contributed by atoms with van der Waals surface area (Å²) in [6.07, 6.45) is 0.518. The van der Waals surface area contributed by atoms with Crippen molar-refractivity contribution in [3.63, 3.8) is 0 Å². The Morgan fingerprint density at radius 1 is 1.00 bits per heavy atom. The maximum absolute atomic E-state index is 13.8. The van der Waals surface area contributed by atoms with E-state index in [1.54, 1.807) is 21.1 Å². The number of rotatable bonds is 8. The minimum Gasteiger partial charge on any atom is -0.493 e. The molecule has 0 radical (unpaired) electrons. The number of esters is 2. The minimum atomic E-state index is -0.444. The van der Waals surface area contributed by atoms with Gasteiger partial charge in [-0.05, 0) is 43.2 Å². The van der Waals surface area contributed by atoms with Crippen LogP contribution < -0.4 is 9.47 Å². The van der Waals surface area contributed by atoms with Gasteiger partial charge in [-0.25, -0.2) is 9.78 Å². The second kappa shape index (κ2) is 10.7. The van der Waals surface area contributed by atoms with E-state index in [9.17, 15) is 9.59 Å². The molecule has 0 unspecified atom stereocenters. The first-order valence-corrected chi connectivity index (χ1v) is 13.4. The number of carbonyl (C=O) groups is 2. The van der Waals surface area contributed by atoms with Crippen LogP contribution in [0.4, 0.5) is 0 Å². The summed E-state index contributed by atoms with van der Waals surface area (Å²) in [4.78, 5) is 31.1. The predicted molar refractivity (Wildman–Crippen MR) is 153 cm³/mol. The van der Waals surface area contributed by atoms with Crippen LogP contribution in [-0.4, -0.2) is 49.4 Å². The van der Waals surface area contributed by atoms with Crippen molar-refractivity contribution < 1.29 is 28.5 Å². The number of fused-ring (bicyclic) bond motifs is 4. The summed E-state index contributed by atoms with van der Waals surface area (Å²) in [5.74, 6) is 0.408. The van der Waals surface area contributed by atoms with E-state index < -0.39 is 5.97 Å². The van der Waals surface area contributed by atoms with E-state index in [1.165, 1.54) is 7.11 Å². The Bertz CT molecular complexity index is 1620. The van der Waals surface area contributed by atoms with Crippen molar-refractivity contribution >= 4 is 22.8 Å². The van der Waals surface area contributed by atoms with Crippen LogP contribution in [-0.2, 0) is 32.6 Å². The molecule has 0 N–H and O–H groups in total. The zero-order chi connectivity index (χ0) is 28.6. The van der Waals surface area contributed by atoms with Gasteiger partial charge in [0.15, 0.2) is 11.5 Å². The Hall–Kier alpha value is -4.33. The van der Waals surface area contributed by atoms with Crippen LogP contribution in [0.1, 0.15) is 48.8 Å². The van der Waals surface area contributed by atoms with Crippen molar-refractivity contribution in [3.05, 3.63) is 65.4 Å². The molecule has 8 nitrogen and oxygen atoms in total. The third-order valence-corrected chi connectivity index (χ3v) is 7.56. The highest BCUT2D eigenvalue weighted by atomic mass is 16.5. The van der Waals surface area contributed by atoms with Crippen LogP contribution in [0.25, 0.3) is 33.4 Å². The Morgan fingerprint density at radius 2 is 1.73 bits per heavy atom. The molecule has 0 fully saturated rings. The molecule has 0 saturated carbocycles. The monoisotopic (exact) mass is 542 g/mol. The van der Waals surface area contributed by atoms with E-state index in [2.05, 4.69) is 18.4 Å². The SMILES string of the molecule is CCOC(=O)c1c(-c2ccc3ccccc3n2)c(CCC(=O)OC)n2c1-c1cc(OC)c(OC)cc1C(C)(C)C2. The van der Waals surface area contributed by atoms with Crippen LogP contribution in [0.2, 0.25) is 0 Å². The molecule has 2 aromatic carbocycles. The number of methoxy groups -OCH3 is 3. The second-order valence-corrected chi connectivity index (χ2v) is 10.5. The quantitative estimate of drug-likeness (QED) is 0.254. The van der Waals surface area contributed by atoms with Gasteiger partial charge >= 0.3 is 11.9 Å². The Morgan fingerprint density at radius 3 is 2.42 bits per heavy atom. The Balaban J connectivity index is 1.89. The third-order valence-electron chi connectivity index (χ3n) is 7.56. The fourth-order valence-corrected chi connectivity index (χ4v) is 5.70.